The Bertz CT molecular complexity index is 882. The largest absolute Gasteiger partial charge is 0.457 e. The molecule has 2 aromatic carbocycles. The predicted octanol–water partition coefficient (Wildman–Crippen LogP) is 5.67. The number of hydrogen-bond donors (Lipinski definition) is 1. The van der Waals surface area contributed by atoms with Crippen molar-refractivity contribution in [1.29, 1.82) is 0 Å². The summed E-state index contributed by atoms with van der Waals surface area (Å²) in [5.74, 6) is 1.21. The second-order valence-electron chi connectivity index (χ2n) is 5.35. The highest BCUT2D eigenvalue weighted by Gasteiger charge is 2.04. The molecular weight excluding hydrogens is 366 g/mol. The van der Waals surface area contributed by atoms with Crippen molar-refractivity contribution in [2.24, 2.45) is 0 Å². The highest BCUT2D eigenvalue weighted by molar-refractivity contribution is 9.10. The smallest absolute Gasteiger partial charge is 0.248 e. The van der Waals surface area contributed by atoms with E-state index in [4.69, 9.17) is 4.42 Å². The first kappa shape index (κ1) is 16.3. The number of carbonyl (C=O) groups is 1. The molecule has 24 heavy (non-hydrogen) atoms. The Morgan fingerprint density at radius 3 is 2.62 bits per heavy atom. The summed E-state index contributed by atoms with van der Waals surface area (Å²) in [6.07, 6.45) is 3.12. The monoisotopic (exact) mass is 381 g/mol. The van der Waals surface area contributed by atoms with Crippen LogP contribution in [0.3, 0.4) is 0 Å². The summed E-state index contributed by atoms with van der Waals surface area (Å²) < 4.78 is 6.75. The van der Waals surface area contributed by atoms with E-state index in [2.05, 4.69) is 21.2 Å². The third-order valence-corrected chi connectivity index (χ3v) is 4.40. The molecule has 1 aromatic heterocycles. The first-order valence-electron chi connectivity index (χ1n) is 7.52. The second kappa shape index (κ2) is 7.32. The molecule has 0 aliphatic heterocycles. The molecule has 0 unspecified atom stereocenters. The third kappa shape index (κ3) is 4.03. The zero-order chi connectivity index (χ0) is 16.9. The quantitative estimate of drug-likeness (QED) is 0.591. The van der Waals surface area contributed by atoms with Gasteiger partial charge in [-0.1, -0.05) is 46.3 Å². The summed E-state index contributed by atoms with van der Waals surface area (Å²) in [6.45, 7) is 1.98. The molecule has 0 atom stereocenters. The Morgan fingerprint density at radius 2 is 1.88 bits per heavy atom. The molecule has 4 heteroatoms. The van der Waals surface area contributed by atoms with Gasteiger partial charge in [-0.05, 0) is 48.9 Å². The number of amides is 1. The predicted molar refractivity (Wildman–Crippen MR) is 101 cm³/mol. The van der Waals surface area contributed by atoms with Gasteiger partial charge in [0.2, 0.25) is 5.91 Å². The third-order valence-electron chi connectivity index (χ3n) is 3.51. The van der Waals surface area contributed by atoms with Crippen LogP contribution in [0.4, 0.5) is 5.69 Å². The molecular formula is C20H16BrNO2. The van der Waals surface area contributed by atoms with Crippen LogP contribution in [0.2, 0.25) is 0 Å². The lowest BCUT2D eigenvalue weighted by molar-refractivity contribution is -0.111. The summed E-state index contributed by atoms with van der Waals surface area (Å²) in [5, 5.41) is 2.83. The fraction of sp³-hybridized carbons (Fsp3) is 0.0500. The lowest BCUT2D eigenvalue weighted by Gasteiger charge is -2.04. The molecule has 1 N–H and O–H groups in total. The molecule has 0 fully saturated rings. The van der Waals surface area contributed by atoms with Gasteiger partial charge in [0.15, 0.2) is 0 Å². The van der Waals surface area contributed by atoms with Crippen molar-refractivity contribution < 1.29 is 9.21 Å². The average molecular weight is 382 g/mol. The number of hydrogen-bond acceptors (Lipinski definition) is 2. The van der Waals surface area contributed by atoms with E-state index >= 15 is 0 Å². The van der Waals surface area contributed by atoms with Crippen molar-refractivity contribution in [3.05, 3.63) is 82.5 Å². The summed E-state index contributed by atoms with van der Waals surface area (Å²) >= 11 is 3.44. The van der Waals surface area contributed by atoms with Gasteiger partial charge in [0.25, 0.3) is 0 Å². The van der Waals surface area contributed by atoms with E-state index in [1.807, 2.05) is 67.6 Å². The van der Waals surface area contributed by atoms with E-state index in [9.17, 15) is 4.79 Å². The Balaban J connectivity index is 1.66. The Hall–Kier alpha value is -2.59. The highest BCUT2D eigenvalue weighted by Crippen LogP contribution is 2.23. The zero-order valence-corrected chi connectivity index (χ0v) is 14.7. The fourth-order valence-electron chi connectivity index (χ4n) is 2.26. The molecule has 120 valence electrons. The molecule has 3 nitrogen and oxygen atoms in total. The van der Waals surface area contributed by atoms with Crippen molar-refractivity contribution >= 4 is 33.6 Å². The van der Waals surface area contributed by atoms with Crippen molar-refractivity contribution in [3.8, 4) is 11.3 Å². The summed E-state index contributed by atoms with van der Waals surface area (Å²) in [7, 11) is 0. The first-order chi connectivity index (χ1) is 11.6. The van der Waals surface area contributed by atoms with Crippen LogP contribution in [0.1, 0.15) is 11.3 Å². The van der Waals surface area contributed by atoms with Gasteiger partial charge in [-0.15, -0.1) is 0 Å². The zero-order valence-electron chi connectivity index (χ0n) is 13.1. The summed E-state index contributed by atoms with van der Waals surface area (Å²) in [6, 6.07) is 19.3. The number of halogens is 1. The average Bonchev–Trinajstić information content (AvgIpc) is 3.06. The van der Waals surface area contributed by atoms with Gasteiger partial charge >= 0.3 is 0 Å². The second-order valence-corrected chi connectivity index (χ2v) is 6.21. The Morgan fingerprint density at radius 1 is 1.08 bits per heavy atom. The number of anilines is 1. The Kier molecular flexibility index (Phi) is 4.96. The van der Waals surface area contributed by atoms with Crippen LogP contribution >= 0.6 is 15.9 Å². The maximum absolute atomic E-state index is 12.0. The number of aryl methyl sites for hydroxylation is 1. The number of benzene rings is 2. The molecule has 1 amide bonds. The van der Waals surface area contributed by atoms with Crippen LogP contribution in [-0.4, -0.2) is 5.91 Å². The van der Waals surface area contributed by atoms with Gasteiger partial charge in [-0.3, -0.25) is 4.79 Å². The lowest BCUT2D eigenvalue weighted by Crippen LogP contribution is -2.07. The normalized spacial score (nSPS) is 10.9. The minimum Gasteiger partial charge on any atom is -0.457 e. The molecule has 3 rings (SSSR count). The van der Waals surface area contributed by atoms with E-state index < -0.39 is 0 Å². The van der Waals surface area contributed by atoms with Crippen molar-refractivity contribution in [2.75, 3.05) is 5.32 Å². The molecule has 0 aliphatic rings. The Labute approximate surface area is 149 Å². The van der Waals surface area contributed by atoms with Gasteiger partial charge in [-0.25, -0.2) is 0 Å². The first-order valence-corrected chi connectivity index (χ1v) is 8.31. The minimum atomic E-state index is -0.200. The summed E-state index contributed by atoms with van der Waals surface area (Å²) in [4.78, 5) is 12.0. The molecule has 0 spiro atoms. The number of nitrogens with one attached hydrogen (secondary N) is 1. The lowest BCUT2D eigenvalue weighted by atomic mass is 10.2. The van der Waals surface area contributed by atoms with Gasteiger partial charge in [0.05, 0.1) is 0 Å². The van der Waals surface area contributed by atoms with Crippen LogP contribution in [-0.2, 0) is 4.79 Å². The van der Waals surface area contributed by atoms with Crippen LogP contribution in [0.15, 0.2) is 75.6 Å². The molecule has 0 saturated carbocycles. The van der Waals surface area contributed by atoms with Crippen LogP contribution in [0, 0.1) is 6.92 Å². The molecule has 3 aromatic rings. The maximum Gasteiger partial charge on any atom is 0.248 e. The summed E-state index contributed by atoms with van der Waals surface area (Å²) in [5.41, 5.74) is 2.83. The van der Waals surface area contributed by atoms with Crippen molar-refractivity contribution in [2.45, 2.75) is 6.92 Å². The molecule has 1 heterocycles. The molecule has 0 saturated heterocycles. The van der Waals surface area contributed by atoms with E-state index in [1.165, 1.54) is 6.08 Å². The number of carbonyl (C=O) groups excluding carboxylic acids is 1. The van der Waals surface area contributed by atoms with E-state index in [-0.39, 0.29) is 5.91 Å². The number of rotatable bonds is 4. The van der Waals surface area contributed by atoms with Crippen molar-refractivity contribution in [1.82, 2.24) is 0 Å². The topological polar surface area (TPSA) is 42.2 Å². The molecule has 0 bridgehead atoms. The van der Waals surface area contributed by atoms with Crippen LogP contribution in [0.25, 0.3) is 17.4 Å². The maximum atomic E-state index is 12.0. The molecule has 0 aliphatic carbocycles. The van der Waals surface area contributed by atoms with Gasteiger partial charge < -0.3 is 9.73 Å². The highest BCUT2D eigenvalue weighted by atomic mass is 79.9. The van der Waals surface area contributed by atoms with Crippen LogP contribution in [0.5, 0.6) is 0 Å². The minimum absolute atomic E-state index is 0.200. The van der Waals surface area contributed by atoms with E-state index in [0.29, 0.717) is 5.76 Å². The van der Waals surface area contributed by atoms with Gasteiger partial charge in [0, 0.05) is 21.8 Å². The van der Waals surface area contributed by atoms with Gasteiger partial charge in [0.1, 0.15) is 11.5 Å². The van der Waals surface area contributed by atoms with Crippen LogP contribution < -0.4 is 5.32 Å². The SMILES string of the molecule is Cc1cc(NC(=O)/C=C/c2ccc(-c3ccccc3)o2)ccc1Br. The molecule has 0 radical (unpaired) electrons. The number of furan rings is 1. The van der Waals surface area contributed by atoms with Crippen molar-refractivity contribution in [3.63, 3.8) is 0 Å². The standard InChI is InChI=1S/C20H16BrNO2/c1-14-13-16(7-10-18(14)21)22-20(23)12-9-17-8-11-19(24-17)15-5-3-2-4-6-15/h2-13H,1H3,(H,22,23)/b12-9+. The fourth-order valence-corrected chi connectivity index (χ4v) is 2.51. The van der Waals surface area contributed by atoms with E-state index in [0.717, 1.165) is 27.0 Å². The van der Waals surface area contributed by atoms with Gasteiger partial charge in [-0.2, -0.15) is 0 Å². The van der Waals surface area contributed by atoms with E-state index in [1.54, 1.807) is 6.08 Å².